The van der Waals surface area contributed by atoms with Crippen molar-refractivity contribution in [2.75, 3.05) is 12.4 Å². The van der Waals surface area contributed by atoms with Gasteiger partial charge in [0.15, 0.2) is 0 Å². The number of anilines is 1. The largest absolute Gasteiger partial charge is 0.443 e. The van der Waals surface area contributed by atoms with Gasteiger partial charge in [-0.25, -0.2) is 0 Å². The normalized spacial score (nSPS) is 11.5. The lowest BCUT2D eigenvalue weighted by Gasteiger charge is -2.16. The highest BCUT2D eigenvalue weighted by Gasteiger charge is 2.20. The second-order valence-corrected chi connectivity index (χ2v) is 9.00. The van der Waals surface area contributed by atoms with Gasteiger partial charge in [-0.3, -0.25) is 4.99 Å². The molecule has 0 aliphatic heterocycles. The lowest BCUT2D eigenvalue weighted by molar-refractivity contribution is 0.491. The number of nitrogens with one attached hydrogen (secondary N) is 1. The van der Waals surface area contributed by atoms with Crippen LogP contribution in [-0.4, -0.2) is 17.3 Å². The Kier molecular flexibility index (Phi) is 7.45. The van der Waals surface area contributed by atoms with Crippen LogP contribution in [0.2, 0.25) is 15.1 Å². The molecule has 5 nitrogen and oxygen atoms in total. The molecule has 0 saturated carbocycles. The van der Waals surface area contributed by atoms with Gasteiger partial charge in [-0.2, -0.15) is 9.64 Å². The summed E-state index contributed by atoms with van der Waals surface area (Å²) in [6.07, 6.45) is 0. The highest BCUT2D eigenvalue weighted by atomic mass is 35.5. The molecular weight excluding hydrogens is 475 g/mol. The van der Waals surface area contributed by atoms with Crippen molar-refractivity contribution in [2.45, 2.75) is 20.8 Å². The van der Waals surface area contributed by atoms with E-state index in [1.54, 1.807) is 31.3 Å². The van der Waals surface area contributed by atoms with Crippen molar-refractivity contribution >= 4 is 57.9 Å². The molecule has 0 aliphatic carbocycles. The lowest BCUT2D eigenvalue weighted by Crippen LogP contribution is -2.18. The fraction of sp³-hybridized carbons (Fsp3) is 0.227. The number of hydrogen-bond acceptors (Lipinski definition) is 5. The van der Waals surface area contributed by atoms with Crippen LogP contribution in [0.15, 0.2) is 35.3 Å². The standard InChI is InChI=1S/C22H19Cl3N4OS/c1-11(2)21(27-4)28-18-7-12(3)19(9-17(18)25)30-22-15(10-26)20(29-31-22)14-6-5-13(23)8-16(14)24/h5-9,11H,1-4H3,(H,27,28). The van der Waals surface area contributed by atoms with Crippen LogP contribution in [0.4, 0.5) is 5.69 Å². The molecule has 9 heteroatoms. The second-order valence-electron chi connectivity index (χ2n) is 7.02. The summed E-state index contributed by atoms with van der Waals surface area (Å²) in [4.78, 5) is 4.26. The highest BCUT2D eigenvalue weighted by molar-refractivity contribution is 7.08. The second kappa shape index (κ2) is 9.88. The van der Waals surface area contributed by atoms with Crippen molar-refractivity contribution in [3.8, 4) is 28.1 Å². The molecule has 1 aromatic heterocycles. The molecule has 0 atom stereocenters. The van der Waals surface area contributed by atoms with Crippen LogP contribution in [0, 0.1) is 24.2 Å². The first-order chi connectivity index (χ1) is 14.7. The Labute approximate surface area is 200 Å². The van der Waals surface area contributed by atoms with Crippen molar-refractivity contribution in [1.29, 1.82) is 5.26 Å². The molecule has 0 spiro atoms. The molecule has 0 unspecified atom stereocenters. The first-order valence-electron chi connectivity index (χ1n) is 9.32. The number of amidine groups is 1. The number of aliphatic imine (C=N–C) groups is 1. The Balaban J connectivity index is 1.94. The Morgan fingerprint density at radius 1 is 1.19 bits per heavy atom. The van der Waals surface area contributed by atoms with Crippen molar-refractivity contribution < 1.29 is 4.74 Å². The lowest BCUT2D eigenvalue weighted by atomic mass is 10.1. The molecule has 160 valence electrons. The molecule has 0 radical (unpaired) electrons. The molecule has 2 aromatic carbocycles. The van der Waals surface area contributed by atoms with Crippen LogP contribution in [0.3, 0.4) is 0 Å². The zero-order valence-corrected chi connectivity index (χ0v) is 20.3. The first-order valence-corrected chi connectivity index (χ1v) is 11.2. The predicted octanol–water partition coefficient (Wildman–Crippen LogP) is 7.84. The van der Waals surface area contributed by atoms with E-state index >= 15 is 0 Å². The van der Waals surface area contributed by atoms with Crippen LogP contribution in [0.25, 0.3) is 11.3 Å². The van der Waals surface area contributed by atoms with E-state index in [0.717, 1.165) is 28.6 Å². The van der Waals surface area contributed by atoms with Crippen molar-refractivity contribution in [1.82, 2.24) is 4.37 Å². The van der Waals surface area contributed by atoms with Crippen LogP contribution in [0.5, 0.6) is 10.8 Å². The Morgan fingerprint density at radius 3 is 2.55 bits per heavy atom. The van der Waals surface area contributed by atoms with E-state index in [4.69, 9.17) is 39.5 Å². The number of nitriles is 1. The van der Waals surface area contributed by atoms with Gasteiger partial charge in [0.25, 0.3) is 0 Å². The van der Waals surface area contributed by atoms with Crippen molar-refractivity contribution in [3.63, 3.8) is 0 Å². The number of halogens is 3. The summed E-state index contributed by atoms with van der Waals surface area (Å²) in [5.41, 5.74) is 2.94. The van der Waals surface area contributed by atoms with Gasteiger partial charge >= 0.3 is 0 Å². The minimum absolute atomic E-state index is 0.228. The fourth-order valence-corrected chi connectivity index (χ4v) is 4.30. The van der Waals surface area contributed by atoms with E-state index in [2.05, 4.69) is 20.8 Å². The third-order valence-corrected chi connectivity index (χ3v) is 6.06. The summed E-state index contributed by atoms with van der Waals surface area (Å²) >= 11 is 19.8. The van der Waals surface area contributed by atoms with Crippen LogP contribution in [0.1, 0.15) is 25.0 Å². The molecule has 1 N–H and O–H groups in total. The Morgan fingerprint density at radius 2 is 1.94 bits per heavy atom. The van der Waals surface area contributed by atoms with Gasteiger partial charge in [0.2, 0.25) is 5.06 Å². The third kappa shape index (κ3) is 5.13. The molecule has 0 bridgehead atoms. The minimum Gasteiger partial charge on any atom is -0.443 e. The van der Waals surface area contributed by atoms with Crippen LogP contribution >= 0.6 is 46.3 Å². The van der Waals surface area contributed by atoms with E-state index in [1.165, 1.54) is 0 Å². The van der Waals surface area contributed by atoms with Gasteiger partial charge in [0.05, 0.1) is 15.7 Å². The van der Waals surface area contributed by atoms with E-state index < -0.39 is 0 Å². The van der Waals surface area contributed by atoms with Crippen LogP contribution < -0.4 is 10.1 Å². The number of aryl methyl sites for hydroxylation is 1. The minimum atomic E-state index is 0.228. The maximum atomic E-state index is 9.74. The molecule has 1 heterocycles. The summed E-state index contributed by atoms with van der Waals surface area (Å²) < 4.78 is 10.4. The molecular formula is C22H19Cl3N4OS. The van der Waals surface area contributed by atoms with Crippen LogP contribution in [-0.2, 0) is 0 Å². The highest BCUT2D eigenvalue weighted by Crippen LogP contribution is 2.41. The van der Waals surface area contributed by atoms with Crippen molar-refractivity contribution in [2.24, 2.45) is 10.9 Å². The SMILES string of the molecule is CN=C(Nc1cc(C)c(Oc2snc(-c3ccc(Cl)cc3Cl)c2C#N)cc1Cl)C(C)C. The zero-order chi connectivity index (χ0) is 22.7. The van der Waals surface area contributed by atoms with E-state index in [-0.39, 0.29) is 5.92 Å². The maximum Gasteiger partial charge on any atom is 0.218 e. The van der Waals surface area contributed by atoms with Crippen molar-refractivity contribution in [3.05, 3.63) is 56.5 Å². The van der Waals surface area contributed by atoms with Gasteiger partial charge in [-0.1, -0.05) is 48.7 Å². The first kappa shape index (κ1) is 23.4. The average molecular weight is 494 g/mol. The van der Waals surface area contributed by atoms with E-state index in [1.807, 2.05) is 26.8 Å². The molecule has 0 saturated heterocycles. The van der Waals surface area contributed by atoms with Gasteiger partial charge in [0, 0.05) is 41.2 Å². The maximum absolute atomic E-state index is 9.74. The number of nitrogens with zero attached hydrogens (tertiary/aromatic N) is 3. The number of rotatable bonds is 5. The summed E-state index contributed by atoms with van der Waals surface area (Å²) in [5.74, 6) is 1.59. The molecule has 0 fully saturated rings. The quantitative estimate of drug-likeness (QED) is 0.290. The monoisotopic (exact) mass is 492 g/mol. The number of hydrogen-bond donors (Lipinski definition) is 1. The fourth-order valence-electron chi connectivity index (χ4n) is 2.87. The molecule has 0 aliphatic rings. The number of benzene rings is 2. The van der Waals surface area contributed by atoms with Gasteiger partial charge in [0.1, 0.15) is 28.9 Å². The van der Waals surface area contributed by atoms with Gasteiger partial charge < -0.3 is 10.1 Å². The number of aromatic nitrogens is 1. The zero-order valence-electron chi connectivity index (χ0n) is 17.3. The molecule has 0 amide bonds. The predicted molar refractivity (Wildman–Crippen MR) is 130 cm³/mol. The molecule has 3 aromatic rings. The van der Waals surface area contributed by atoms with E-state index in [0.29, 0.717) is 42.7 Å². The third-order valence-electron chi connectivity index (χ3n) is 4.48. The van der Waals surface area contributed by atoms with Gasteiger partial charge in [-0.05, 0) is 36.8 Å². The number of ether oxygens (including phenoxy) is 1. The Bertz CT molecular complexity index is 1200. The summed E-state index contributed by atoms with van der Waals surface area (Å²) in [7, 11) is 1.73. The van der Waals surface area contributed by atoms with Gasteiger partial charge in [-0.15, -0.1) is 0 Å². The molecule has 3 rings (SSSR count). The van der Waals surface area contributed by atoms with E-state index in [9.17, 15) is 5.26 Å². The smallest absolute Gasteiger partial charge is 0.218 e. The summed E-state index contributed by atoms with van der Waals surface area (Å²) in [5, 5.41) is 14.8. The average Bonchev–Trinajstić information content (AvgIpc) is 3.11. The summed E-state index contributed by atoms with van der Waals surface area (Å²) in [6, 6.07) is 10.8. The summed E-state index contributed by atoms with van der Waals surface area (Å²) in [6.45, 7) is 6.00. The topological polar surface area (TPSA) is 70.3 Å². The Hall–Kier alpha value is -2.30. The molecule has 31 heavy (non-hydrogen) atoms.